The van der Waals surface area contributed by atoms with Crippen LogP contribution in [-0.4, -0.2) is 29.4 Å². The fourth-order valence-corrected chi connectivity index (χ4v) is 1.76. The molecule has 1 saturated heterocycles. The van der Waals surface area contributed by atoms with Crippen LogP contribution in [0.25, 0.3) is 0 Å². The summed E-state index contributed by atoms with van der Waals surface area (Å²) in [6.45, 7) is 4.26. The Balaban J connectivity index is 2.22. The average Bonchev–Trinajstić information content (AvgIpc) is 2.79. The molecule has 0 aromatic rings. The van der Waals surface area contributed by atoms with Crippen LogP contribution in [0.15, 0.2) is 0 Å². The molecule has 0 radical (unpaired) electrons. The smallest absolute Gasteiger partial charge is 0.324 e. The molecule has 1 heterocycles. The third-order valence-electron chi connectivity index (χ3n) is 2.84. The Kier molecular flexibility index (Phi) is 1.62. The zero-order valence-electron chi connectivity index (χ0n) is 7.96. The van der Waals surface area contributed by atoms with Gasteiger partial charge in [-0.2, -0.15) is 0 Å². The predicted molar refractivity (Wildman–Crippen MR) is 47.0 cm³/mol. The third kappa shape index (κ3) is 1.12. The van der Waals surface area contributed by atoms with E-state index in [2.05, 4.69) is 5.32 Å². The maximum atomic E-state index is 11.8. The zero-order valence-corrected chi connectivity index (χ0v) is 7.96. The van der Waals surface area contributed by atoms with Crippen LogP contribution < -0.4 is 5.32 Å². The van der Waals surface area contributed by atoms with E-state index in [-0.39, 0.29) is 23.4 Å². The Labute approximate surface area is 77.3 Å². The molecule has 1 spiro atoms. The molecule has 3 amide bonds. The van der Waals surface area contributed by atoms with Gasteiger partial charge in [-0.25, -0.2) is 4.79 Å². The van der Waals surface area contributed by atoms with E-state index in [0.29, 0.717) is 6.54 Å². The van der Waals surface area contributed by atoms with Crippen molar-refractivity contribution in [1.29, 1.82) is 0 Å². The molecule has 0 unspecified atom stereocenters. The number of carbonyl (C=O) groups excluding carboxylic acids is 2. The van der Waals surface area contributed by atoms with Crippen LogP contribution in [0.2, 0.25) is 0 Å². The number of nitrogens with one attached hydrogen (secondary N) is 1. The highest BCUT2D eigenvalue weighted by molar-refractivity contribution is 6.01. The number of carbonyl (C=O) groups is 2. The number of hydrogen-bond donors (Lipinski definition) is 1. The van der Waals surface area contributed by atoms with Gasteiger partial charge in [-0.1, -0.05) is 0 Å². The molecule has 1 aliphatic heterocycles. The molecule has 4 nitrogen and oxygen atoms in total. The van der Waals surface area contributed by atoms with Crippen LogP contribution in [0.3, 0.4) is 0 Å². The van der Waals surface area contributed by atoms with E-state index in [1.54, 1.807) is 0 Å². The Morgan fingerprint density at radius 2 is 2.00 bits per heavy atom. The van der Waals surface area contributed by atoms with E-state index < -0.39 is 0 Å². The quantitative estimate of drug-likeness (QED) is 0.649. The van der Waals surface area contributed by atoms with Crippen LogP contribution in [0.4, 0.5) is 4.79 Å². The van der Waals surface area contributed by atoms with Gasteiger partial charge in [0.05, 0.1) is 5.41 Å². The van der Waals surface area contributed by atoms with Crippen LogP contribution in [-0.2, 0) is 4.79 Å². The molecule has 2 aliphatic rings. The summed E-state index contributed by atoms with van der Waals surface area (Å²) in [6, 6.07) is -0.275. The van der Waals surface area contributed by atoms with Crippen molar-refractivity contribution >= 4 is 11.9 Å². The maximum Gasteiger partial charge on any atom is 0.324 e. The minimum atomic E-state index is -0.238. The van der Waals surface area contributed by atoms with E-state index >= 15 is 0 Å². The first-order chi connectivity index (χ1) is 6.07. The first-order valence-corrected chi connectivity index (χ1v) is 4.68. The summed E-state index contributed by atoms with van der Waals surface area (Å²) >= 11 is 0. The van der Waals surface area contributed by atoms with Crippen molar-refractivity contribution in [1.82, 2.24) is 10.2 Å². The highest BCUT2D eigenvalue weighted by Gasteiger charge is 2.56. The topological polar surface area (TPSA) is 49.4 Å². The van der Waals surface area contributed by atoms with Crippen molar-refractivity contribution in [2.24, 2.45) is 5.41 Å². The van der Waals surface area contributed by atoms with Crippen LogP contribution in [0.5, 0.6) is 0 Å². The van der Waals surface area contributed by atoms with Gasteiger partial charge >= 0.3 is 6.03 Å². The molecule has 0 bridgehead atoms. The average molecular weight is 182 g/mol. The second-order valence-corrected chi connectivity index (χ2v) is 4.21. The lowest BCUT2D eigenvalue weighted by molar-refractivity contribution is -0.136. The Morgan fingerprint density at radius 3 is 2.46 bits per heavy atom. The molecule has 1 aliphatic carbocycles. The molecule has 2 fully saturated rings. The van der Waals surface area contributed by atoms with E-state index in [0.717, 1.165) is 12.8 Å². The van der Waals surface area contributed by atoms with Gasteiger partial charge in [0, 0.05) is 12.6 Å². The van der Waals surface area contributed by atoms with Gasteiger partial charge in [0.1, 0.15) is 0 Å². The summed E-state index contributed by atoms with van der Waals surface area (Å²) in [5.74, 6) is 0.0197. The molecule has 1 N–H and O–H groups in total. The fraction of sp³-hybridized carbons (Fsp3) is 0.778. The number of imide groups is 1. The van der Waals surface area contributed by atoms with Crippen LogP contribution in [0, 0.1) is 5.41 Å². The lowest BCUT2D eigenvalue weighted by Crippen LogP contribution is -2.58. The van der Waals surface area contributed by atoms with Gasteiger partial charge in [-0.3, -0.25) is 9.69 Å². The Morgan fingerprint density at radius 1 is 1.38 bits per heavy atom. The third-order valence-corrected chi connectivity index (χ3v) is 2.84. The van der Waals surface area contributed by atoms with E-state index in [4.69, 9.17) is 0 Å². The molecule has 1 saturated carbocycles. The van der Waals surface area contributed by atoms with Gasteiger partial charge in [-0.05, 0) is 26.7 Å². The normalized spacial score (nSPS) is 25.3. The van der Waals surface area contributed by atoms with Gasteiger partial charge in [0.15, 0.2) is 0 Å². The number of rotatable bonds is 1. The second kappa shape index (κ2) is 2.47. The molecular weight excluding hydrogens is 168 g/mol. The summed E-state index contributed by atoms with van der Waals surface area (Å²) in [6.07, 6.45) is 1.85. The summed E-state index contributed by atoms with van der Waals surface area (Å²) in [4.78, 5) is 24.5. The van der Waals surface area contributed by atoms with E-state index in [1.807, 2.05) is 13.8 Å². The van der Waals surface area contributed by atoms with E-state index in [9.17, 15) is 9.59 Å². The Bertz CT molecular complexity index is 269. The van der Waals surface area contributed by atoms with Gasteiger partial charge in [0.25, 0.3) is 0 Å². The molecule has 13 heavy (non-hydrogen) atoms. The van der Waals surface area contributed by atoms with Gasteiger partial charge in [-0.15, -0.1) is 0 Å². The molecule has 0 atom stereocenters. The first kappa shape index (κ1) is 8.53. The second-order valence-electron chi connectivity index (χ2n) is 4.21. The molecular formula is C9H14N2O2. The minimum Gasteiger partial charge on any atom is -0.337 e. The highest BCUT2D eigenvalue weighted by Crippen LogP contribution is 2.48. The molecule has 0 aromatic carbocycles. The van der Waals surface area contributed by atoms with Crippen molar-refractivity contribution in [3.8, 4) is 0 Å². The predicted octanol–water partition coefficient (Wildman–Crippen LogP) is 0.727. The first-order valence-electron chi connectivity index (χ1n) is 4.68. The SMILES string of the molecule is CC(C)N1C(=O)NCC2(CC2)C1=O. The summed E-state index contributed by atoms with van der Waals surface area (Å²) < 4.78 is 0. The molecule has 4 heteroatoms. The molecule has 0 aromatic heterocycles. The maximum absolute atomic E-state index is 11.8. The summed E-state index contributed by atoms with van der Waals surface area (Å²) in [5.41, 5.74) is -0.224. The van der Waals surface area contributed by atoms with Crippen molar-refractivity contribution in [3.05, 3.63) is 0 Å². The number of amides is 3. The zero-order chi connectivity index (χ0) is 9.64. The minimum absolute atomic E-state index is 0.0197. The van der Waals surface area contributed by atoms with Crippen molar-refractivity contribution in [3.63, 3.8) is 0 Å². The van der Waals surface area contributed by atoms with E-state index in [1.165, 1.54) is 4.90 Å². The largest absolute Gasteiger partial charge is 0.337 e. The highest BCUT2D eigenvalue weighted by atomic mass is 16.2. The standard InChI is InChI=1S/C9H14N2O2/c1-6(2)11-7(12)9(3-4-9)5-10-8(11)13/h6H,3-5H2,1-2H3,(H,10,13). The number of nitrogens with zero attached hydrogens (tertiary/aromatic N) is 1. The fourth-order valence-electron chi connectivity index (χ4n) is 1.76. The van der Waals surface area contributed by atoms with Crippen LogP contribution >= 0.6 is 0 Å². The number of urea groups is 1. The van der Waals surface area contributed by atoms with Gasteiger partial charge < -0.3 is 5.32 Å². The lowest BCUT2D eigenvalue weighted by atomic mass is 10.0. The molecule has 2 rings (SSSR count). The van der Waals surface area contributed by atoms with Crippen molar-refractivity contribution in [2.75, 3.05) is 6.54 Å². The molecule has 72 valence electrons. The van der Waals surface area contributed by atoms with Gasteiger partial charge in [0.2, 0.25) is 5.91 Å². The lowest BCUT2D eigenvalue weighted by Gasteiger charge is -2.34. The summed E-state index contributed by atoms with van der Waals surface area (Å²) in [7, 11) is 0. The van der Waals surface area contributed by atoms with Crippen LogP contribution in [0.1, 0.15) is 26.7 Å². The summed E-state index contributed by atoms with van der Waals surface area (Å²) in [5, 5.41) is 2.76. The van der Waals surface area contributed by atoms with Crippen molar-refractivity contribution in [2.45, 2.75) is 32.7 Å². The Hall–Kier alpha value is -1.06. The number of hydrogen-bond acceptors (Lipinski definition) is 2. The monoisotopic (exact) mass is 182 g/mol. The van der Waals surface area contributed by atoms with Crippen molar-refractivity contribution < 1.29 is 9.59 Å².